The molecule has 4 nitrogen and oxygen atoms in total. The number of hydrogen-bond acceptors (Lipinski definition) is 5. The van der Waals surface area contributed by atoms with Crippen LogP contribution < -0.4 is 5.32 Å². The summed E-state index contributed by atoms with van der Waals surface area (Å²) in [6.45, 7) is 4.23. The van der Waals surface area contributed by atoms with Crippen LogP contribution in [0.25, 0.3) is 21.8 Å². The number of nitrogens with zero attached hydrogens (tertiary/aromatic N) is 3. The molecule has 0 spiro atoms. The van der Waals surface area contributed by atoms with Gasteiger partial charge < -0.3 is 0 Å². The quantitative estimate of drug-likeness (QED) is 0.282. The van der Waals surface area contributed by atoms with Gasteiger partial charge in [-0.3, -0.25) is 5.32 Å². The van der Waals surface area contributed by atoms with Gasteiger partial charge in [0.15, 0.2) is 11.4 Å². The lowest BCUT2D eigenvalue weighted by atomic mass is 10.1. The number of thiazole rings is 1. The average molecular weight is 379 g/mol. The molecule has 0 aliphatic carbocycles. The van der Waals surface area contributed by atoms with Gasteiger partial charge in [-0.05, 0) is 49.4 Å². The van der Waals surface area contributed by atoms with E-state index in [-0.39, 0.29) is 0 Å². The Morgan fingerprint density at radius 1 is 1.15 bits per heavy atom. The number of thioether (sulfide) groups is 1. The minimum Gasteiger partial charge on any atom is -0.271 e. The first-order chi connectivity index (χ1) is 12.6. The van der Waals surface area contributed by atoms with Crippen LogP contribution in [-0.4, -0.2) is 16.4 Å². The predicted molar refractivity (Wildman–Crippen MR) is 112 cm³/mol. The number of aliphatic imine (C=N–C) groups is 1. The van der Waals surface area contributed by atoms with Crippen molar-refractivity contribution in [2.24, 2.45) is 4.99 Å². The number of nitriles is 1. The number of aryl methyl sites for hydroxylation is 2. The van der Waals surface area contributed by atoms with Gasteiger partial charge in [0.1, 0.15) is 5.01 Å². The van der Waals surface area contributed by atoms with Gasteiger partial charge in [-0.15, -0.1) is 11.3 Å². The highest BCUT2D eigenvalue weighted by Crippen LogP contribution is 2.31. The molecule has 0 amide bonds. The third kappa shape index (κ3) is 4.13. The first-order valence-corrected chi connectivity index (χ1v) is 10.1. The van der Waals surface area contributed by atoms with Gasteiger partial charge in [0, 0.05) is 16.5 Å². The molecule has 0 unspecified atom stereocenters. The molecule has 0 atom stereocenters. The lowest BCUT2D eigenvalue weighted by Crippen LogP contribution is -2.12. The zero-order chi connectivity index (χ0) is 18.5. The van der Waals surface area contributed by atoms with Crippen molar-refractivity contribution in [1.29, 1.82) is 5.26 Å². The zero-order valence-electron chi connectivity index (χ0n) is 14.8. The molecular formula is C20H18N4S2. The van der Waals surface area contributed by atoms with Crippen molar-refractivity contribution in [1.82, 2.24) is 10.3 Å². The summed E-state index contributed by atoms with van der Waals surface area (Å²) in [5, 5.41) is 14.9. The molecule has 1 aromatic heterocycles. The number of amidine groups is 1. The topological polar surface area (TPSA) is 61.1 Å². The summed E-state index contributed by atoms with van der Waals surface area (Å²) in [6.07, 6.45) is 3.78. The fourth-order valence-electron chi connectivity index (χ4n) is 2.44. The Hall–Kier alpha value is -2.62. The van der Waals surface area contributed by atoms with Crippen molar-refractivity contribution in [3.8, 4) is 28.0 Å². The highest BCUT2D eigenvalue weighted by atomic mass is 32.2. The van der Waals surface area contributed by atoms with Gasteiger partial charge in [0.05, 0.1) is 11.4 Å². The minimum atomic E-state index is 0.569. The third-order valence-corrected chi connectivity index (χ3v) is 5.46. The van der Waals surface area contributed by atoms with Crippen LogP contribution in [0.2, 0.25) is 0 Å². The average Bonchev–Trinajstić information content (AvgIpc) is 3.14. The van der Waals surface area contributed by atoms with E-state index in [1.54, 1.807) is 11.3 Å². The Morgan fingerprint density at radius 2 is 2.00 bits per heavy atom. The van der Waals surface area contributed by atoms with Crippen LogP contribution in [0.15, 0.2) is 52.8 Å². The second-order valence-corrected chi connectivity index (χ2v) is 7.40. The summed E-state index contributed by atoms with van der Waals surface area (Å²) in [6, 6.07) is 14.3. The molecule has 3 rings (SSSR count). The molecule has 1 N–H and O–H groups in total. The second-order valence-electron chi connectivity index (χ2n) is 5.75. The molecule has 0 aliphatic rings. The molecule has 6 heteroatoms. The van der Waals surface area contributed by atoms with Gasteiger partial charge in [-0.25, -0.2) is 9.98 Å². The Labute approximate surface area is 161 Å². The van der Waals surface area contributed by atoms with E-state index in [9.17, 15) is 0 Å². The largest absolute Gasteiger partial charge is 0.271 e. The van der Waals surface area contributed by atoms with Crippen molar-refractivity contribution in [2.45, 2.75) is 13.8 Å². The van der Waals surface area contributed by atoms with Crippen molar-refractivity contribution in [3.63, 3.8) is 0 Å². The van der Waals surface area contributed by atoms with Gasteiger partial charge >= 0.3 is 0 Å². The first kappa shape index (κ1) is 18.2. The number of aromatic nitrogens is 1. The van der Waals surface area contributed by atoms with E-state index in [0.717, 1.165) is 27.5 Å². The van der Waals surface area contributed by atoms with Gasteiger partial charge in [-0.2, -0.15) is 5.26 Å². The van der Waals surface area contributed by atoms with Gasteiger partial charge in [0.2, 0.25) is 0 Å². The molecule has 3 aromatic rings. The van der Waals surface area contributed by atoms with E-state index < -0.39 is 0 Å². The monoisotopic (exact) mass is 378 g/mol. The molecule has 0 radical (unpaired) electrons. The summed E-state index contributed by atoms with van der Waals surface area (Å²) >= 11 is 3.02. The Bertz CT molecular complexity index is 999. The van der Waals surface area contributed by atoms with E-state index in [2.05, 4.69) is 47.7 Å². The highest BCUT2D eigenvalue weighted by molar-refractivity contribution is 8.13. The van der Waals surface area contributed by atoms with Crippen LogP contribution in [0.1, 0.15) is 11.1 Å². The van der Waals surface area contributed by atoms with Crippen LogP contribution in [0.4, 0.5) is 5.69 Å². The molecule has 0 aliphatic heterocycles. The third-order valence-electron chi connectivity index (χ3n) is 3.99. The maximum Gasteiger partial charge on any atom is 0.183 e. The number of nitrogens with one attached hydrogen (secondary N) is 1. The summed E-state index contributed by atoms with van der Waals surface area (Å²) in [5.41, 5.74) is 6.47. The smallest absolute Gasteiger partial charge is 0.183 e. The summed E-state index contributed by atoms with van der Waals surface area (Å²) < 4.78 is 0. The number of benzene rings is 2. The molecule has 130 valence electrons. The molecule has 0 bridgehead atoms. The van der Waals surface area contributed by atoms with Crippen molar-refractivity contribution in [3.05, 3.63) is 59.0 Å². The molecule has 0 fully saturated rings. The van der Waals surface area contributed by atoms with Crippen LogP contribution in [0, 0.1) is 25.3 Å². The van der Waals surface area contributed by atoms with Crippen LogP contribution in [-0.2, 0) is 0 Å². The van der Waals surface area contributed by atoms with Gasteiger partial charge in [0.25, 0.3) is 0 Å². The molecule has 0 saturated carbocycles. The summed E-state index contributed by atoms with van der Waals surface area (Å²) in [4.78, 5) is 9.26. The highest BCUT2D eigenvalue weighted by Gasteiger charge is 2.08. The number of rotatable bonds is 3. The predicted octanol–water partition coefficient (Wildman–Crippen LogP) is 5.52. The van der Waals surface area contributed by atoms with E-state index in [0.29, 0.717) is 5.17 Å². The lowest BCUT2D eigenvalue weighted by molar-refractivity contribution is 1.28. The standard InChI is InChI=1S/C20H18N4S2/c1-13-7-8-15(9-14(13)2)18-11-26-19(24-18)16-5-4-6-17(10-16)23-20(25-3)22-12-21/h4-11H,1-3H3,(H,22,23). The molecule has 0 saturated heterocycles. The minimum absolute atomic E-state index is 0.569. The van der Waals surface area contributed by atoms with Crippen LogP contribution in [0.5, 0.6) is 0 Å². The van der Waals surface area contributed by atoms with Crippen LogP contribution in [0.3, 0.4) is 0 Å². The fourth-order valence-corrected chi connectivity index (χ4v) is 3.61. The zero-order valence-corrected chi connectivity index (χ0v) is 16.4. The van der Waals surface area contributed by atoms with Crippen molar-refractivity contribution in [2.75, 3.05) is 6.26 Å². The maximum atomic E-state index is 8.76. The summed E-state index contributed by atoms with van der Waals surface area (Å²) in [7, 11) is 0. The Morgan fingerprint density at radius 3 is 2.73 bits per heavy atom. The summed E-state index contributed by atoms with van der Waals surface area (Å²) in [5.74, 6) is 0. The lowest BCUT2D eigenvalue weighted by Gasteiger charge is -2.03. The normalized spacial score (nSPS) is 11.2. The van der Waals surface area contributed by atoms with Gasteiger partial charge in [-0.1, -0.05) is 36.0 Å². The molecule has 2 aromatic carbocycles. The maximum absolute atomic E-state index is 8.76. The van der Waals surface area contributed by atoms with E-state index in [4.69, 9.17) is 10.2 Å². The van der Waals surface area contributed by atoms with E-state index in [1.165, 1.54) is 22.9 Å². The SMILES string of the molecule is CSC(=Nc1cccc(-c2nc(-c3ccc(C)c(C)c3)cs2)c1)NC#N. The van der Waals surface area contributed by atoms with Crippen molar-refractivity contribution >= 4 is 34.0 Å². The Kier molecular flexibility index (Phi) is 5.71. The second kappa shape index (κ2) is 8.17. The first-order valence-electron chi connectivity index (χ1n) is 8.02. The number of hydrogen-bond donors (Lipinski definition) is 1. The molecular weight excluding hydrogens is 360 g/mol. The molecule has 1 heterocycles. The Balaban J connectivity index is 1.91. The van der Waals surface area contributed by atoms with E-state index in [1.807, 2.05) is 36.7 Å². The van der Waals surface area contributed by atoms with Crippen LogP contribution >= 0.6 is 23.1 Å². The van der Waals surface area contributed by atoms with E-state index >= 15 is 0 Å². The van der Waals surface area contributed by atoms with Crippen molar-refractivity contribution < 1.29 is 0 Å². The fraction of sp³-hybridized carbons (Fsp3) is 0.150. The molecule has 26 heavy (non-hydrogen) atoms.